The molecule has 3 fully saturated rings. The van der Waals surface area contributed by atoms with E-state index < -0.39 is 0 Å². The molecular formula is C11H17NO. The molecule has 3 saturated carbocycles. The summed E-state index contributed by atoms with van der Waals surface area (Å²) in [7, 11) is 1.67. The lowest BCUT2D eigenvalue weighted by Crippen LogP contribution is -2.20. The summed E-state index contributed by atoms with van der Waals surface area (Å²) in [5, 5.41) is 4.20. The van der Waals surface area contributed by atoms with E-state index in [0.717, 1.165) is 23.7 Å². The maximum Gasteiger partial charge on any atom is 0.106 e. The Balaban J connectivity index is 1.90. The molecule has 2 nitrogen and oxygen atoms in total. The minimum Gasteiger partial charge on any atom is -0.399 e. The Kier molecular flexibility index (Phi) is 1.64. The van der Waals surface area contributed by atoms with Gasteiger partial charge in [0.15, 0.2) is 0 Å². The first-order chi connectivity index (χ1) is 6.40. The van der Waals surface area contributed by atoms with Gasteiger partial charge in [-0.25, -0.2) is 0 Å². The Morgan fingerprint density at radius 2 is 2.00 bits per heavy atom. The Labute approximate surface area is 79.3 Å². The molecule has 0 aliphatic heterocycles. The maximum atomic E-state index is 4.93. The van der Waals surface area contributed by atoms with Crippen LogP contribution in [0, 0.1) is 23.7 Å². The van der Waals surface area contributed by atoms with Crippen molar-refractivity contribution in [2.24, 2.45) is 28.8 Å². The highest BCUT2D eigenvalue weighted by molar-refractivity contribution is 5.89. The molecule has 0 radical (unpaired) electrons. The fourth-order valence-electron chi connectivity index (χ4n) is 4.00. The van der Waals surface area contributed by atoms with E-state index in [1.807, 2.05) is 0 Å². The normalized spacial score (nSPS) is 50.1. The second-order valence-electron chi connectivity index (χ2n) is 4.82. The van der Waals surface area contributed by atoms with Crippen LogP contribution < -0.4 is 0 Å². The minimum absolute atomic E-state index is 0.795. The molecule has 0 aromatic carbocycles. The van der Waals surface area contributed by atoms with Crippen LogP contribution >= 0.6 is 0 Å². The first-order valence-electron chi connectivity index (χ1n) is 5.50. The lowest BCUT2D eigenvalue weighted by atomic mass is 9.79. The monoisotopic (exact) mass is 179 g/mol. The van der Waals surface area contributed by atoms with Crippen molar-refractivity contribution in [2.75, 3.05) is 7.11 Å². The minimum atomic E-state index is 0.795. The maximum absolute atomic E-state index is 4.93. The van der Waals surface area contributed by atoms with Gasteiger partial charge in [-0.1, -0.05) is 5.16 Å². The molecule has 3 rings (SSSR count). The van der Waals surface area contributed by atoms with Gasteiger partial charge >= 0.3 is 0 Å². The molecule has 0 aromatic rings. The van der Waals surface area contributed by atoms with Gasteiger partial charge in [0.1, 0.15) is 7.11 Å². The average molecular weight is 179 g/mol. The van der Waals surface area contributed by atoms with Gasteiger partial charge in [0.05, 0.1) is 5.71 Å². The number of rotatable bonds is 1. The molecule has 4 bridgehead atoms. The van der Waals surface area contributed by atoms with Crippen LogP contribution in [0.15, 0.2) is 5.16 Å². The van der Waals surface area contributed by atoms with E-state index in [-0.39, 0.29) is 0 Å². The molecule has 0 aromatic heterocycles. The van der Waals surface area contributed by atoms with Gasteiger partial charge in [0.2, 0.25) is 0 Å². The predicted molar refractivity (Wildman–Crippen MR) is 51.5 cm³/mol. The van der Waals surface area contributed by atoms with Crippen LogP contribution in [0.2, 0.25) is 0 Å². The van der Waals surface area contributed by atoms with Crippen LogP contribution in [-0.2, 0) is 4.84 Å². The summed E-state index contributed by atoms with van der Waals surface area (Å²) in [6, 6.07) is 0. The van der Waals surface area contributed by atoms with E-state index >= 15 is 0 Å². The zero-order valence-corrected chi connectivity index (χ0v) is 8.20. The lowest BCUT2D eigenvalue weighted by molar-refractivity contribution is 0.208. The molecule has 0 amide bonds. The number of nitrogens with zero attached hydrogens (tertiary/aromatic N) is 1. The van der Waals surface area contributed by atoms with Crippen LogP contribution in [0.25, 0.3) is 0 Å². The van der Waals surface area contributed by atoms with Crippen molar-refractivity contribution in [1.29, 1.82) is 0 Å². The van der Waals surface area contributed by atoms with Crippen LogP contribution in [0.5, 0.6) is 0 Å². The third kappa shape index (κ3) is 0.976. The molecule has 13 heavy (non-hydrogen) atoms. The fourth-order valence-corrected chi connectivity index (χ4v) is 4.00. The summed E-state index contributed by atoms with van der Waals surface area (Å²) in [5.74, 6) is 3.79. The third-order valence-corrected chi connectivity index (χ3v) is 4.47. The second kappa shape index (κ2) is 2.73. The Morgan fingerprint density at radius 3 is 2.77 bits per heavy atom. The van der Waals surface area contributed by atoms with Gasteiger partial charge < -0.3 is 4.84 Å². The van der Waals surface area contributed by atoms with Gasteiger partial charge in [-0.05, 0) is 49.9 Å². The Bertz CT molecular complexity index is 248. The predicted octanol–water partition coefficient (Wildman–Crippen LogP) is 2.44. The van der Waals surface area contributed by atoms with Crippen molar-refractivity contribution in [3.63, 3.8) is 0 Å². The first kappa shape index (κ1) is 7.84. The topological polar surface area (TPSA) is 21.6 Å². The molecule has 0 saturated heterocycles. The van der Waals surface area contributed by atoms with E-state index in [1.165, 1.54) is 37.8 Å². The summed E-state index contributed by atoms with van der Waals surface area (Å²) in [5.41, 5.74) is 1.37. The van der Waals surface area contributed by atoms with E-state index in [4.69, 9.17) is 4.84 Å². The smallest absolute Gasteiger partial charge is 0.106 e. The Morgan fingerprint density at radius 1 is 1.15 bits per heavy atom. The summed E-state index contributed by atoms with van der Waals surface area (Å²) < 4.78 is 0. The molecule has 72 valence electrons. The fraction of sp³-hybridized carbons (Fsp3) is 0.909. The van der Waals surface area contributed by atoms with E-state index in [2.05, 4.69) is 5.16 Å². The summed E-state index contributed by atoms with van der Waals surface area (Å²) >= 11 is 0. The second-order valence-corrected chi connectivity index (χ2v) is 4.82. The zero-order valence-electron chi connectivity index (χ0n) is 8.20. The summed E-state index contributed by atoms with van der Waals surface area (Å²) in [6.45, 7) is 0. The van der Waals surface area contributed by atoms with Crippen LogP contribution in [0.4, 0.5) is 0 Å². The zero-order chi connectivity index (χ0) is 8.84. The Hall–Kier alpha value is -0.530. The molecule has 0 spiro atoms. The molecule has 3 aliphatic rings. The third-order valence-electron chi connectivity index (χ3n) is 4.47. The van der Waals surface area contributed by atoms with Crippen molar-refractivity contribution in [1.82, 2.24) is 0 Å². The first-order valence-corrected chi connectivity index (χ1v) is 5.50. The van der Waals surface area contributed by atoms with Gasteiger partial charge in [-0.3, -0.25) is 0 Å². The highest BCUT2D eigenvalue weighted by Crippen LogP contribution is 2.56. The molecule has 4 atom stereocenters. The van der Waals surface area contributed by atoms with E-state index in [1.54, 1.807) is 7.11 Å². The highest BCUT2D eigenvalue weighted by Gasteiger charge is 2.51. The largest absolute Gasteiger partial charge is 0.399 e. The molecular weight excluding hydrogens is 162 g/mol. The van der Waals surface area contributed by atoms with E-state index in [0.29, 0.717) is 0 Å². The van der Waals surface area contributed by atoms with Crippen LogP contribution in [-0.4, -0.2) is 12.8 Å². The van der Waals surface area contributed by atoms with Crippen molar-refractivity contribution >= 4 is 5.71 Å². The van der Waals surface area contributed by atoms with Crippen molar-refractivity contribution in [3.8, 4) is 0 Å². The number of hydrogen-bond acceptors (Lipinski definition) is 2. The van der Waals surface area contributed by atoms with Gasteiger partial charge in [-0.2, -0.15) is 0 Å². The SMILES string of the molecule is CON=C1CC2C3CCC1C2CC3. The standard InChI is InChI=1S/C11H17NO/c1-13-12-11-6-10-7-2-4-8(10)9(11)5-3-7/h7-10H,2-6H2,1H3. The van der Waals surface area contributed by atoms with Crippen molar-refractivity contribution < 1.29 is 4.84 Å². The van der Waals surface area contributed by atoms with Gasteiger partial charge in [0.25, 0.3) is 0 Å². The molecule has 0 N–H and O–H groups in total. The van der Waals surface area contributed by atoms with Gasteiger partial charge in [-0.15, -0.1) is 0 Å². The molecule has 3 aliphatic carbocycles. The highest BCUT2D eigenvalue weighted by atomic mass is 16.6. The molecule has 2 heteroatoms. The summed E-state index contributed by atoms with van der Waals surface area (Å²) in [6.07, 6.45) is 7.03. The average Bonchev–Trinajstić information content (AvgIpc) is 2.52. The summed E-state index contributed by atoms with van der Waals surface area (Å²) in [4.78, 5) is 4.93. The van der Waals surface area contributed by atoms with Gasteiger partial charge in [0, 0.05) is 5.92 Å². The lowest BCUT2D eigenvalue weighted by Gasteiger charge is -2.26. The quantitative estimate of drug-likeness (QED) is 0.566. The number of hydrogen-bond donors (Lipinski definition) is 0. The van der Waals surface area contributed by atoms with Crippen LogP contribution in [0.3, 0.4) is 0 Å². The van der Waals surface area contributed by atoms with Crippen molar-refractivity contribution in [3.05, 3.63) is 0 Å². The van der Waals surface area contributed by atoms with E-state index in [9.17, 15) is 0 Å². The molecule has 0 heterocycles. The molecule has 4 unspecified atom stereocenters. The van der Waals surface area contributed by atoms with Crippen molar-refractivity contribution in [2.45, 2.75) is 32.1 Å². The number of oxime groups is 1. The van der Waals surface area contributed by atoms with Crippen LogP contribution in [0.1, 0.15) is 32.1 Å².